The molecule has 0 aliphatic carbocycles. The van der Waals surface area contributed by atoms with Gasteiger partial charge >= 0.3 is 0 Å². The molecular formula is C18H13N3O4. The molecule has 1 aromatic heterocycles. The van der Waals surface area contributed by atoms with Crippen molar-refractivity contribution < 1.29 is 18.8 Å². The van der Waals surface area contributed by atoms with Crippen LogP contribution in [0, 0.1) is 0 Å². The Morgan fingerprint density at radius 1 is 1.12 bits per heavy atom. The number of amides is 2. The highest BCUT2D eigenvalue weighted by Gasteiger charge is 2.21. The van der Waals surface area contributed by atoms with Crippen LogP contribution in [0.3, 0.4) is 0 Å². The minimum atomic E-state index is -0.431. The van der Waals surface area contributed by atoms with E-state index in [0.717, 1.165) is 5.56 Å². The third-order valence-corrected chi connectivity index (χ3v) is 3.69. The van der Waals surface area contributed by atoms with E-state index in [9.17, 15) is 9.59 Å². The van der Waals surface area contributed by atoms with Crippen molar-refractivity contribution in [1.29, 1.82) is 0 Å². The second-order valence-electron chi connectivity index (χ2n) is 5.42. The van der Waals surface area contributed by atoms with Crippen molar-refractivity contribution >= 4 is 23.2 Å². The average Bonchev–Trinajstić information content (AvgIpc) is 3.13. The first-order chi connectivity index (χ1) is 12.2. The van der Waals surface area contributed by atoms with Crippen molar-refractivity contribution in [2.45, 2.75) is 0 Å². The average molecular weight is 335 g/mol. The van der Waals surface area contributed by atoms with Crippen LogP contribution in [0.2, 0.25) is 0 Å². The molecule has 0 spiro atoms. The van der Waals surface area contributed by atoms with Crippen LogP contribution >= 0.6 is 0 Å². The van der Waals surface area contributed by atoms with Crippen LogP contribution in [-0.4, -0.2) is 23.6 Å². The number of ether oxygens (including phenoxy) is 1. The number of carbonyl (C=O) groups is 2. The smallest absolute Gasteiger partial charge is 0.277 e. The summed E-state index contributed by atoms with van der Waals surface area (Å²) < 4.78 is 10.6. The van der Waals surface area contributed by atoms with Crippen LogP contribution in [0.25, 0.3) is 11.3 Å². The maximum atomic E-state index is 12.4. The van der Waals surface area contributed by atoms with Crippen molar-refractivity contribution in [3.05, 3.63) is 60.3 Å². The fourth-order valence-corrected chi connectivity index (χ4v) is 2.52. The molecule has 25 heavy (non-hydrogen) atoms. The van der Waals surface area contributed by atoms with Crippen LogP contribution in [0.15, 0.2) is 59.1 Å². The first-order valence-corrected chi connectivity index (χ1v) is 7.60. The normalized spacial score (nSPS) is 12.7. The summed E-state index contributed by atoms with van der Waals surface area (Å²) in [6.07, 6.45) is 0. The van der Waals surface area contributed by atoms with Crippen LogP contribution in [0.1, 0.15) is 10.5 Å². The Labute approximate surface area is 142 Å². The van der Waals surface area contributed by atoms with Crippen molar-refractivity contribution in [1.82, 2.24) is 5.16 Å². The van der Waals surface area contributed by atoms with E-state index < -0.39 is 5.91 Å². The zero-order valence-electron chi connectivity index (χ0n) is 13.0. The Balaban J connectivity index is 1.56. The van der Waals surface area contributed by atoms with Gasteiger partial charge in [-0.3, -0.25) is 9.59 Å². The summed E-state index contributed by atoms with van der Waals surface area (Å²) in [6, 6.07) is 16.0. The molecule has 1 aliphatic rings. The van der Waals surface area contributed by atoms with Crippen molar-refractivity contribution in [2.75, 3.05) is 17.2 Å². The van der Waals surface area contributed by atoms with Gasteiger partial charge in [0.15, 0.2) is 23.8 Å². The number of rotatable bonds is 3. The number of benzene rings is 2. The molecule has 2 heterocycles. The SMILES string of the molecule is O=C1COc2c(cccc2NC(=O)c2cc(-c3ccccc3)on2)N1. The van der Waals surface area contributed by atoms with E-state index in [4.69, 9.17) is 9.26 Å². The van der Waals surface area contributed by atoms with Gasteiger partial charge < -0.3 is 19.9 Å². The van der Waals surface area contributed by atoms with E-state index in [-0.39, 0.29) is 18.2 Å². The second kappa shape index (κ2) is 6.12. The minimum absolute atomic E-state index is 0.0952. The highest BCUT2D eigenvalue weighted by Crippen LogP contribution is 2.35. The van der Waals surface area contributed by atoms with Crippen LogP contribution in [-0.2, 0) is 4.79 Å². The summed E-state index contributed by atoms with van der Waals surface area (Å²) >= 11 is 0. The quantitative estimate of drug-likeness (QED) is 0.767. The number of nitrogens with one attached hydrogen (secondary N) is 2. The largest absolute Gasteiger partial charge is 0.479 e. The molecule has 0 saturated heterocycles. The lowest BCUT2D eigenvalue weighted by molar-refractivity contribution is -0.118. The molecular weight excluding hydrogens is 322 g/mol. The number of fused-ring (bicyclic) bond motifs is 1. The van der Waals surface area contributed by atoms with Crippen molar-refractivity contribution in [2.24, 2.45) is 0 Å². The summed E-state index contributed by atoms with van der Waals surface area (Å²) in [5.74, 6) is 0.256. The molecule has 0 fully saturated rings. The standard InChI is InChI=1S/C18H13N3O4/c22-16-10-24-17-12(19-16)7-4-8-13(17)20-18(23)14-9-15(25-21-14)11-5-2-1-3-6-11/h1-9H,10H2,(H,19,22)(H,20,23). The Bertz CT molecular complexity index is 950. The number of hydrogen-bond acceptors (Lipinski definition) is 5. The molecule has 124 valence electrons. The molecule has 0 saturated carbocycles. The second-order valence-corrected chi connectivity index (χ2v) is 5.42. The number of carbonyl (C=O) groups excluding carboxylic acids is 2. The van der Waals surface area contributed by atoms with Gasteiger partial charge in [-0.15, -0.1) is 0 Å². The third-order valence-electron chi connectivity index (χ3n) is 3.69. The van der Waals surface area contributed by atoms with E-state index in [1.54, 1.807) is 24.3 Å². The Morgan fingerprint density at radius 2 is 1.96 bits per heavy atom. The fraction of sp³-hybridized carbons (Fsp3) is 0.0556. The van der Waals surface area contributed by atoms with E-state index in [2.05, 4.69) is 15.8 Å². The first-order valence-electron chi connectivity index (χ1n) is 7.60. The zero-order chi connectivity index (χ0) is 17.2. The van der Waals surface area contributed by atoms with Gasteiger partial charge in [-0.2, -0.15) is 0 Å². The predicted octanol–water partition coefficient (Wildman–Crippen LogP) is 2.92. The Morgan fingerprint density at radius 3 is 2.80 bits per heavy atom. The molecule has 1 aliphatic heterocycles. The molecule has 7 heteroatoms. The summed E-state index contributed by atoms with van der Waals surface area (Å²) in [4.78, 5) is 23.8. The van der Waals surface area contributed by atoms with E-state index >= 15 is 0 Å². The summed E-state index contributed by atoms with van der Waals surface area (Å²) in [5.41, 5.74) is 1.94. The van der Waals surface area contributed by atoms with Crippen molar-refractivity contribution in [3.8, 4) is 17.1 Å². The molecule has 2 N–H and O–H groups in total. The van der Waals surface area contributed by atoms with Gasteiger partial charge in [0.05, 0.1) is 11.4 Å². The van der Waals surface area contributed by atoms with Gasteiger partial charge in [-0.05, 0) is 12.1 Å². The lowest BCUT2D eigenvalue weighted by atomic mass is 10.1. The lowest BCUT2D eigenvalue weighted by Crippen LogP contribution is -2.26. The molecule has 3 aromatic rings. The minimum Gasteiger partial charge on any atom is -0.479 e. The van der Waals surface area contributed by atoms with Gasteiger partial charge in [0.2, 0.25) is 0 Å². The van der Waals surface area contributed by atoms with Gasteiger partial charge in [0.1, 0.15) is 0 Å². The molecule has 0 atom stereocenters. The summed E-state index contributed by atoms with van der Waals surface area (Å²) in [6.45, 7) is -0.0952. The van der Waals surface area contributed by atoms with Gasteiger partial charge in [-0.25, -0.2) is 0 Å². The molecule has 7 nitrogen and oxygen atoms in total. The number of para-hydroxylation sites is 1. The zero-order valence-corrected chi connectivity index (χ0v) is 13.0. The number of anilines is 2. The van der Waals surface area contributed by atoms with Crippen molar-refractivity contribution in [3.63, 3.8) is 0 Å². The Kier molecular flexibility index (Phi) is 3.66. The monoisotopic (exact) mass is 335 g/mol. The topological polar surface area (TPSA) is 93.5 Å². The fourth-order valence-electron chi connectivity index (χ4n) is 2.52. The lowest BCUT2D eigenvalue weighted by Gasteiger charge is -2.20. The summed E-state index contributed by atoms with van der Waals surface area (Å²) in [5, 5.41) is 9.23. The maximum Gasteiger partial charge on any atom is 0.277 e. The third kappa shape index (κ3) is 2.94. The van der Waals surface area contributed by atoms with Gasteiger partial charge in [0, 0.05) is 11.6 Å². The molecule has 2 amide bonds. The number of aromatic nitrogens is 1. The van der Waals surface area contributed by atoms with Crippen LogP contribution < -0.4 is 15.4 Å². The number of nitrogens with zero attached hydrogens (tertiary/aromatic N) is 1. The van der Waals surface area contributed by atoms with Crippen LogP contribution in [0.4, 0.5) is 11.4 Å². The van der Waals surface area contributed by atoms with E-state index in [0.29, 0.717) is 22.9 Å². The van der Waals surface area contributed by atoms with E-state index in [1.165, 1.54) is 0 Å². The highest BCUT2D eigenvalue weighted by molar-refractivity contribution is 6.06. The molecule has 0 radical (unpaired) electrons. The highest BCUT2D eigenvalue weighted by atomic mass is 16.5. The first kappa shape index (κ1) is 14.9. The van der Waals surface area contributed by atoms with E-state index in [1.807, 2.05) is 30.3 Å². The van der Waals surface area contributed by atoms with Gasteiger partial charge in [0.25, 0.3) is 11.8 Å². The summed E-state index contributed by atoms with van der Waals surface area (Å²) in [7, 11) is 0. The number of hydrogen-bond donors (Lipinski definition) is 2. The Hall–Kier alpha value is -3.61. The molecule has 0 unspecified atom stereocenters. The maximum absolute atomic E-state index is 12.4. The molecule has 0 bridgehead atoms. The molecule has 4 rings (SSSR count). The van der Waals surface area contributed by atoms with Gasteiger partial charge in [-0.1, -0.05) is 41.6 Å². The predicted molar refractivity (Wildman–Crippen MR) is 90.5 cm³/mol. The molecule has 2 aromatic carbocycles. The van der Waals surface area contributed by atoms with Crippen LogP contribution in [0.5, 0.6) is 5.75 Å².